The van der Waals surface area contributed by atoms with Crippen molar-refractivity contribution in [2.24, 2.45) is 0 Å². The van der Waals surface area contributed by atoms with E-state index < -0.39 is 0 Å². The van der Waals surface area contributed by atoms with Crippen LogP contribution in [-0.2, 0) is 0 Å². The van der Waals surface area contributed by atoms with Crippen LogP contribution >= 0.6 is 11.3 Å². The molecule has 0 bridgehead atoms. The Morgan fingerprint density at radius 3 is 2.73 bits per heavy atom. The maximum absolute atomic E-state index is 11.1. The minimum absolute atomic E-state index is 0.176. The van der Waals surface area contributed by atoms with Gasteiger partial charge in [0.15, 0.2) is 5.58 Å². The predicted octanol–water partition coefficient (Wildman–Crippen LogP) is 2.71. The van der Waals surface area contributed by atoms with Gasteiger partial charge in [-0.2, -0.15) is 0 Å². The Hall–Kier alpha value is -1.81. The Balaban J connectivity index is 2.68. The summed E-state index contributed by atoms with van der Waals surface area (Å²) in [7, 11) is 0. The molecule has 4 heteroatoms. The van der Waals surface area contributed by atoms with E-state index >= 15 is 0 Å². The third-order valence-electron chi connectivity index (χ3n) is 2.32. The van der Waals surface area contributed by atoms with Crippen molar-refractivity contribution in [2.45, 2.75) is 0 Å². The SMILES string of the molecule is O=c1oc2c(cc(O)c3ccccc32)s1. The first-order chi connectivity index (χ1) is 7.25. The van der Waals surface area contributed by atoms with Gasteiger partial charge >= 0.3 is 4.94 Å². The summed E-state index contributed by atoms with van der Waals surface area (Å²) in [6.07, 6.45) is 0. The van der Waals surface area contributed by atoms with Crippen LogP contribution in [0, 0.1) is 0 Å². The normalized spacial score (nSPS) is 11.2. The first kappa shape index (κ1) is 8.49. The molecule has 0 aliphatic heterocycles. The Morgan fingerprint density at radius 1 is 1.20 bits per heavy atom. The van der Waals surface area contributed by atoms with Gasteiger partial charge < -0.3 is 9.52 Å². The fraction of sp³-hybridized carbons (Fsp3) is 0. The molecule has 0 spiro atoms. The highest BCUT2D eigenvalue weighted by atomic mass is 32.1. The van der Waals surface area contributed by atoms with E-state index in [2.05, 4.69) is 0 Å². The quantitative estimate of drug-likeness (QED) is 0.631. The van der Waals surface area contributed by atoms with Gasteiger partial charge in [-0.1, -0.05) is 35.6 Å². The van der Waals surface area contributed by atoms with E-state index in [9.17, 15) is 9.90 Å². The number of fused-ring (bicyclic) bond motifs is 3. The van der Waals surface area contributed by atoms with E-state index in [1.165, 1.54) is 0 Å². The average Bonchev–Trinajstić information content (AvgIpc) is 2.59. The highest BCUT2D eigenvalue weighted by Crippen LogP contribution is 2.33. The summed E-state index contributed by atoms with van der Waals surface area (Å²) >= 11 is 0.999. The first-order valence-corrected chi connectivity index (χ1v) is 5.22. The van der Waals surface area contributed by atoms with Crippen LogP contribution in [0.3, 0.4) is 0 Å². The maximum Gasteiger partial charge on any atom is 0.396 e. The van der Waals surface area contributed by atoms with Crippen molar-refractivity contribution in [3.05, 3.63) is 40.1 Å². The molecule has 1 N–H and O–H groups in total. The molecule has 0 radical (unpaired) electrons. The highest BCUT2D eigenvalue weighted by Gasteiger charge is 2.09. The van der Waals surface area contributed by atoms with Gasteiger partial charge in [-0.05, 0) is 0 Å². The molecule has 0 saturated heterocycles. The molecular formula is C11H6O3S. The number of hydrogen-bond donors (Lipinski definition) is 1. The first-order valence-electron chi connectivity index (χ1n) is 4.40. The summed E-state index contributed by atoms with van der Waals surface area (Å²) in [4.78, 5) is 10.8. The highest BCUT2D eigenvalue weighted by molar-refractivity contribution is 7.16. The Labute approximate surface area is 88.2 Å². The van der Waals surface area contributed by atoms with E-state index in [0.29, 0.717) is 15.7 Å². The average molecular weight is 218 g/mol. The number of hydrogen-bond acceptors (Lipinski definition) is 4. The van der Waals surface area contributed by atoms with Crippen LogP contribution in [0.25, 0.3) is 21.1 Å². The van der Waals surface area contributed by atoms with Crippen molar-refractivity contribution in [3.63, 3.8) is 0 Å². The topological polar surface area (TPSA) is 50.4 Å². The lowest BCUT2D eigenvalue weighted by molar-refractivity contribution is 0.482. The Bertz CT molecular complexity index is 708. The molecule has 0 atom stereocenters. The van der Waals surface area contributed by atoms with Crippen LogP contribution < -0.4 is 4.94 Å². The zero-order chi connectivity index (χ0) is 10.4. The van der Waals surface area contributed by atoms with Gasteiger partial charge in [0.05, 0.1) is 4.70 Å². The van der Waals surface area contributed by atoms with Crippen molar-refractivity contribution < 1.29 is 9.52 Å². The molecule has 15 heavy (non-hydrogen) atoms. The van der Waals surface area contributed by atoms with E-state index in [1.54, 1.807) is 12.1 Å². The molecule has 0 fully saturated rings. The lowest BCUT2D eigenvalue weighted by Crippen LogP contribution is -1.80. The summed E-state index contributed by atoms with van der Waals surface area (Å²) in [5.41, 5.74) is 0.554. The van der Waals surface area contributed by atoms with E-state index in [-0.39, 0.29) is 10.7 Å². The van der Waals surface area contributed by atoms with Crippen LogP contribution in [0.15, 0.2) is 39.5 Å². The van der Waals surface area contributed by atoms with Crippen LogP contribution in [0.5, 0.6) is 5.75 Å². The molecule has 74 valence electrons. The number of phenolic OH excluding ortho intramolecular Hbond substituents is 1. The third-order valence-corrected chi connectivity index (χ3v) is 3.09. The minimum atomic E-state index is -0.347. The van der Waals surface area contributed by atoms with Crippen LogP contribution in [-0.4, -0.2) is 5.11 Å². The minimum Gasteiger partial charge on any atom is -0.507 e. The second-order valence-corrected chi connectivity index (χ2v) is 4.20. The molecule has 1 aromatic heterocycles. The van der Waals surface area contributed by atoms with Gasteiger partial charge in [-0.15, -0.1) is 0 Å². The van der Waals surface area contributed by atoms with Gasteiger partial charge in [0, 0.05) is 16.8 Å². The van der Waals surface area contributed by atoms with Crippen molar-refractivity contribution in [2.75, 3.05) is 0 Å². The summed E-state index contributed by atoms with van der Waals surface area (Å²) in [6, 6.07) is 8.86. The summed E-state index contributed by atoms with van der Waals surface area (Å²) in [5.74, 6) is 0.176. The van der Waals surface area contributed by atoms with Gasteiger partial charge in [0.25, 0.3) is 0 Å². The van der Waals surface area contributed by atoms with Crippen molar-refractivity contribution in [3.8, 4) is 5.75 Å². The lowest BCUT2D eigenvalue weighted by atomic mass is 10.1. The van der Waals surface area contributed by atoms with Gasteiger partial charge in [0.1, 0.15) is 5.75 Å². The molecule has 3 nitrogen and oxygen atoms in total. The molecule has 3 aromatic rings. The molecule has 2 aromatic carbocycles. The molecule has 0 unspecified atom stereocenters. The van der Waals surface area contributed by atoms with Crippen LogP contribution in [0.2, 0.25) is 0 Å². The molecule has 0 saturated carbocycles. The van der Waals surface area contributed by atoms with Gasteiger partial charge in [-0.3, -0.25) is 0 Å². The fourth-order valence-corrected chi connectivity index (χ4v) is 2.40. The largest absolute Gasteiger partial charge is 0.507 e. The number of rotatable bonds is 0. The predicted molar refractivity (Wildman–Crippen MR) is 59.5 cm³/mol. The smallest absolute Gasteiger partial charge is 0.396 e. The van der Waals surface area contributed by atoms with E-state index in [1.807, 2.05) is 18.2 Å². The Morgan fingerprint density at radius 2 is 1.93 bits per heavy atom. The monoisotopic (exact) mass is 218 g/mol. The lowest BCUT2D eigenvalue weighted by Gasteiger charge is -1.99. The summed E-state index contributed by atoms with van der Waals surface area (Å²) in [6.45, 7) is 0. The molecule has 0 amide bonds. The summed E-state index contributed by atoms with van der Waals surface area (Å²) < 4.78 is 5.77. The van der Waals surface area contributed by atoms with E-state index in [4.69, 9.17) is 4.42 Å². The van der Waals surface area contributed by atoms with Gasteiger partial charge in [0.2, 0.25) is 0 Å². The number of aromatic hydroxyl groups is 1. The van der Waals surface area contributed by atoms with Crippen molar-refractivity contribution in [1.82, 2.24) is 0 Å². The van der Waals surface area contributed by atoms with Crippen LogP contribution in [0.1, 0.15) is 0 Å². The molecular weight excluding hydrogens is 212 g/mol. The van der Waals surface area contributed by atoms with E-state index in [0.717, 1.165) is 16.7 Å². The molecule has 3 rings (SSSR count). The zero-order valence-electron chi connectivity index (χ0n) is 7.56. The zero-order valence-corrected chi connectivity index (χ0v) is 8.38. The van der Waals surface area contributed by atoms with Gasteiger partial charge in [-0.25, -0.2) is 4.79 Å². The Kier molecular flexibility index (Phi) is 1.61. The number of benzene rings is 2. The standard InChI is InChI=1S/C11H6O3S/c12-8-5-9-10(14-11(13)15-9)7-4-2-1-3-6(7)8/h1-5,12H. The van der Waals surface area contributed by atoms with Crippen LogP contribution in [0.4, 0.5) is 0 Å². The van der Waals surface area contributed by atoms with Crippen molar-refractivity contribution >= 4 is 32.4 Å². The summed E-state index contributed by atoms with van der Waals surface area (Å²) in [5, 5.41) is 11.2. The second kappa shape index (κ2) is 2.84. The maximum atomic E-state index is 11.1. The molecule has 0 aliphatic rings. The van der Waals surface area contributed by atoms with Crippen molar-refractivity contribution in [1.29, 1.82) is 0 Å². The molecule has 0 aliphatic carbocycles. The third kappa shape index (κ3) is 1.15. The molecule has 1 heterocycles. The number of phenols is 1. The second-order valence-electron chi connectivity index (χ2n) is 3.22. The fourth-order valence-electron chi connectivity index (χ4n) is 1.68.